The molecule has 1 atom stereocenters. The van der Waals surface area contributed by atoms with Crippen molar-refractivity contribution in [3.05, 3.63) is 102 Å². The number of aliphatic hydroxyl groups is 1. The Hall–Kier alpha value is -2.98. The van der Waals surface area contributed by atoms with Crippen LogP contribution in [0.3, 0.4) is 0 Å². The van der Waals surface area contributed by atoms with E-state index >= 15 is 0 Å². The molecule has 0 radical (unpaired) electrons. The van der Waals surface area contributed by atoms with Gasteiger partial charge in [0.15, 0.2) is 0 Å². The van der Waals surface area contributed by atoms with E-state index < -0.39 is 0 Å². The quantitative estimate of drug-likeness (QED) is 0.406. The number of benzene rings is 3. The van der Waals surface area contributed by atoms with Gasteiger partial charge in [0.25, 0.3) is 0 Å². The zero-order chi connectivity index (χ0) is 21.8. The second-order valence-electron chi connectivity index (χ2n) is 7.70. The molecule has 1 heterocycles. The van der Waals surface area contributed by atoms with Gasteiger partial charge in [0.2, 0.25) is 0 Å². The summed E-state index contributed by atoms with van der Waals surface area (Å²) in [6.07, 6.45) is 2.98. The molecule has 0 saturated heterocycles. The second-order valence-corrected chi connectivity index (χ2v) is 8.33. The number of halogens is 1. The van der Waals surface area contributed by atoms with Gasteiger partial charge < -0.3 is 9.84 Å². The molecule has 4 rings (SSSR count). The van der Waals surface area contributed by atoms with E-state index in [4.69, 9.17) is 4.74 Å². The standard InChI is InChI=1S/C27H25FO2S/c1-3-4-7-23(26-18(2)30-25-9-6-5-8-24(25)27(26)29)21-12-10-19(11-13-21)20-14-16-22(31-28)17-15-20/h5-6,8-17,23,29H,2-4,7H2,1H3. The lowest BCUT2D eigenvalue weighted by Crippen LogP contribution is -2.15. The van der Waals surface area contributed by atoms with Crippen LogP contribution in [0.15, 0.2) is 95.6 Å². The molecule has 3 aromatic carbocycles. The van der Waals surface area contributed by atoms with Crippen LogP contribution in [0.5, 0.6) is 5.75 Å². The highest BCUT2D eigenvalue weighted by atomic mass is 32.2. The Morgan fingerprint density at radius 1 is 0.968 bits per heavy atom. The molecule has 3 aromatic rings. The first-order valence-electron chi connectivity index (χ1n) is 10.5. The largest absolute Gasteiger partial charge is 0.507 e. The van der Waals surface area contributed by atoms with Crippen molar-refractivity contribution in [3.8, 4) is 16.9 Å². The molecule has 0 aliphatic carbocycles. The molecule has 1 aliphatic heterocycles. The van der Waals surface area contributed by atoms with E-state index in [1.165, 1.54) is 0 Å². The minimum Gasteiger partial charge on any atom is -0.507 e. The molecule has 1 unspecified atom stereocenters. The predicted octanol–water partition coefficient (Wildman–Crippen LogP) is 8.48. The third-order valence-electron chi connectivity index (χ3n) is 5.72. The van der Waals surface area contributed by atoms with Crippen molar-refractivity contribution in [1.29, 1.82) is 0 Å². The highest BCUT2D eigenvalue weighted by Crippen LogP contribution is 2.44. The summed E-state index contributed by atoms with van der Waals surface area (Å²) in [7, 11) is 0. The molecule has 158 valence electrons. The first-order valence-corrected chi connectivity index (χ1v) is 11.2. The van der Waals surface area contributed by atoms with Crippen molar-refractivity contribution in [2.75, 3.05) is 0 Å². The third kappa shape index (κ3) is 4.40. The molecule has 1 N–H and O–H groups in total. The van der Waals surface area contributed by atoms with Crippen LogP contribution in [-0.4, -0.2) is 5.11 Å². The van der Waals surface area contributed by atoms with Crippen molar-refractivity contribution in [3.63, 3.8) is 0 Å². The van der Waals surface area contributed by atoms with E-state index in [1.807, 2.05) is 36.4 Å². The Morgan fingerprint density at radius 2 is 1.61 bits per heavy atom. The summed E-state index contributed by atoms with van der Waals surface area (Å²) in [5, 5.41) is 11.1. The van der Waals surface area contributed by atoms with Crippen LogP contribution < -0.4 is 4.74 Å². The zero-order valence-electron chi connectivity index (χ0n) is 17.5. The monoisotopic (exact) mass is 432 g/mol. The fourth-order valence-electron chi connectivity index (χ4n) is 4.07. The smallest absolute Gasteiger partial charge is 0.138 e. The lowest BCUT2D eigenvalue weighted by atomic mass is 9.82. The van der Waals surface area contributed by atoms with Crippen LogP contribution in [-0.2, 0) is 0 Å². The third-order valence-corrected chi connectivity index (χ3v) is 6.17. The molecule has 2 nitrogen and oxygen atoms in total. The molecule has 0 spiro atoms. The lowest BCUT2D eigenvalue weighted by molar-refractivity contribution is 0.395. The summed E-state index contributed by atoms with van der Waals surface area (Å²) < 4.78 is 18.7. The maximum atomic E-state index is 12.7. The molecule has 0 saturated carbocycles. The van der Waals surface area contributed by atoms with Crippen LogP contribution in [0, 0.1) is 0 Å². The Bertz CT molecular complexity index is 1100. The van der Waals surface area contributed by atoms with Crippen LogP contribution >= 0.6 is 12.1 Å². The summed E-state index contributed by atoms with van der Waals surface area (Å²) in [6, 6.07) is 23.2. The van der Waals surface area contributed by atoms with E-state index in [2.05, 4.69) is 37.8 Å². The lowest BCUT2D eigenvalue weighted by Gasteiger charge is -2.28. The van der Waals surface area contributed by atoms with Crippen LogP contribution in [0.1, 0.15) is 43.2 Å². The van der Waals surface area contributed by atoms with Gasteiger partial charge in [-0.1, -0.05) is 74.9 Å². The summed E-state index contributed by atoms with van der Waals surface area (Å²) in [6.45, 7) is 6.27. The molecule has 4 heteroatoms. The predicted molar refractivity (Wildman–Crippen MR) is 127 cm³/mol. The van der Waals surface area contributed by atoms with Gasteiger partial charge in [0.1, 0.15) is 17.3 Å². The van der Waals surface area contributed by atoms with Gasteiger partial charge in [0, 0.05) is 16.4 Å². The van der Waals surface area contributed by atoms with E-state index in [1.54, 1.807) is 12.1 Å². The van der Waals surface area contributed by atoms with Crippen LogP contribution in [0.25, 0.3) is 16.9 Å². The number of hydrogen-bond acceptors (Lipinski definition) is 3. The van der Waals surface area contributed by atoms with Crippen LogP contribution in [0.2, 0.25) is 0 Å². The molecular weight excluding hydrogens is 407 g/mol. The van der Waals surface area contributed by atoms with Crippen molar-refractivity contribution in [2.24, 2.45) is 0 Å². The van der Waals surface area contributed by atoms with Crippen LogP contribution in [0.4, 0.5) is 3.89 Å². The summed E-state index contributed by atoms with van der Waals surface area (Å²) in [4.78, 5) is 0.596. The topological polar surface area (TPSA) is 29.5 Å². The number of unbranched alkanes of at least 4 members (excludes halogenated alkanes) is 1. The van der Waals surface area contributed by atoms with Crippen molar-refractivity contribution in [2.45, 2.75) is 37.0 Å². The molecule has 0 amide bonds. The minimum atomic E-state index is -0.0137. The first-order chi connectivity index (χ1) is 15.1. The summed E-state index contributed by atoms with van der Waals surface area (Å²) >= 11 is 0.249. The van der Waals surface area contributed by atoms with Gasteiger partial charge in [-0.3, -0.25) is 0 Å². The van der Waals surface area contributed by atoms with Gasteiger partial charge in [-0.05, 0) is 47.4 Å². The highest BCUT2D eigenvalue weighted by molar-refractivity contribution is 7.94. The van der Waals surface area contributed by atoms with Gasteiger partial charge in [-0.2, -0.15) is 3.89 Å². The van der Waals surface area contributed by atoms with E-state index in [-0.39, 0.29) is 23.8 Å². The van der Waals surface area contributed by atoms with E-state index in [0.717, 1.165) is 41.5 Å². The number of aliphatic hydroxyl groups excluding tert-OH is 1. The molecule has 0 bridgehead atoms. The maximum Gasteiger partial charge on any atom is 0.138 e. The minimum absolute atomic E-state index is 0.0137. The average molecular weight is 433 g/mol. The molecule has 0 fully saturated rings. The Kier molecular flexibility index (Phi) is 6.47. The molecule has 1 aliphatic rings. The Balaban J connectivity index is 1.70. The molecule has 0 aromatic heterocycles. The van der Waals surface area contributed by atoms with Gasteiger partial charge >= 0.3 is 0 Å². The average Bonchev–Trinajstić information content (AvgIpc) is 2.81. The van der Waals surface area contributed by atoms with Gasteiger partial charge in [-0.25, -0.2) is 0 Å². The fraction of sp³-hybridized carbons (Fsp3) is 0.185. The second kappa shape index (κ2) is 9.44. The van der Waals surface area contributed by atoms with Crippen molar-refractivity contribution < 1.29 is 13.7 Å². The van der Waals surface area contributed by atoms with Gasteiger partial charge in [-0.15, -0.1) is 0 Å². The zero-order valence-corrected chi connectivity index (χ0v) is 18.3. The SMILES string of the molecule is C=C1Oc2ccccc2C(O)=C1C(CCCC)c1ccc(-c2ccc(SF)cc2)cc1. The number of ether oxygens (including phenoxy) is 1. The number of hydrogen-bond donors (Lipinski definition) is 1. The van der Waals surface area contributed by atoms with E-state index in [0.29, 0.717) is 22.0 Å². The number of para-hydroxylation sites is 1. The molecule has 31 heavy (non-hydrogen) atoms. The number of rotatable bonds is 7. The fourth-order valence-corrected chi connectivity index (χ4v) is 4.31. The van der Waals surface area contributed by atoms with Crippen molar-refractivity contribution in [1.82, 2.24) is 0 Å². The number of allylic oxidation sites excluding steroid dienone is 1. The summed E-state index contributed by atoms with van der Waals surface area (Å²) in [5.41, 5.74) is 4.67. The van der Waals surface area contributed by atoms with E-state index in [9.17, 15) is 8.99 Å². The Morgan fingerprint density at radius 3 is 2.26 bits per heavy atom. The molecular formula is C27H25FO2S. The maximum absolute atomic E-state index is 12.7. The summed E-state index contributed by atoms with van der Waals surface area (Å²) in [5.74, 6) is 1.37. The number of fused-ring (bicyclic) bond motifs is 1. The Labute approximate surface area is 187 Å². The normalized spacial score (nSPS) is 14.2. The highest BCUT2D eigenvalue weighted by Gasteiger charge is 2.29. The van der Waals surface area contributed by atoms with Gasteiger partial charge in [0.05, 0.1) is 17.7 Å². The van der Waals surface area contributed by atoms with Crippen molar-refractivity contribution >= 4 is 17.9 Å². The first kappa shape index (κ1) is 21.3.